The van der Waals surface area contributed by atoms with Gasteiger partial charge in [0.15, 0.2) is 0 Å². The fourth-order valence-electron chi connectivity index (χ4n) is 5.39. The molecule has 2 aromatic heterocycles. The molecule has 7 rings (SSSR count). The Morgan fingerprint density at radius 2 is 1.44 bits per heavy atom. The Morgan fingerprint density at radius 3 is 2.38 bits per heavy atom. The summed E-state index contributed by atoms with van der Waals surface area (Å²) in [5.41, 5.74) is 10.7. The van der Waals surface area contributed by atoms with Crippen LogP contribution in [0.3, 0.4) is 0 Å². The number of nitrogens with zero attached hydrogens (tertiary/aromatic N) is 1. The summed E-state index contributed by atoms with van der Waals surface area (Å²) in [6.45, 7) is 4.64. The van der Waals surface area contributed by atoms with E-state index in [2.05, 4.69) is 85.6 Å². The molecule has 0 aliphatic heterocycles. The lowest BCUT2D eigenvalue weighted by Crippen LogP contribution is -2.15. The summed E-state index contributed by atoms with van der Waals surface area (Å²) in [4.78, 5) is 4.59. The van der Waals surface area contributed by atoms with Gasteiger partial charge in [-0.3, -0.25) is 4.98 Å². The summed E-state index contributed by atoms with van der Waals surface area (Å²) in [5, 5.41) is 3.52. The van der Waals surface area contributed by atoms with E-state index in [0.29, 0.717) is 0 Å². The fraction of sp³-hybridized carbons (Fsp3) is 0.100. The Labute approximate surface area is 186 Å². The smallest absolute Gasteiger partial charge is 0.135 e. The summed E-state index contributed by atoms with van der Waals surface area (Å²) >= 11 is 0. The molecule has 0 radical (unpaired) electrons. The average molecular weight is 412 g/mol. The lowest BCUT2D eigenvalue weighted by Gasteiger charge is -2.22. The van der Waals surface area contributed by atoms with Gasteiger partial charge in [-0.15, -0.1) is 0 Å². The van der Waals surface area contributed by atoms with Crippen LogP contribution in [0.1, 0.15) is 25.0 Å². The third-order valence-electron chi connectivity index (χ3n) is 7.11. The van der Waals surface area contributed by atoms with Crippen molar-refractivity contribution < 1.29 is 4.42 Å². The summed E-state index contributed by atoms with van der Waals surface area (Å²) in [6, 6.07) is 30.4. The van der Waals surface area contributed by atoms with E-state index >= 15 is 0 Å². The molecule has 1 aliphatic carbocycles. The van der Waals surface area contributed by atoms with E-state index in [4.69, 9.17) is 4.42 Å². The summed E-state index contributed by atoms with van der Waals surface area (Å²) < 4.78 is 6.02. The molecule has 1 aliphatic rings. The summed E-state index contributed by atoms with van der Waals surface area (Å²) in [5.74, 6) is 0. The van der Waals surface area contributed by atoms with Gasteiger partial charge >= 0.3 is 0 Å². The minimum Gasteiger partial charge on any atom is -0.456 e. The molecule has 4 aromatic carbocycles. The molecule has 0 saturated carbocycles. The van der Waals surface area contributed by atoms with Crippen LogP contribution in [-0.4, -0.2) is 4.98 Å². The van der Waals surface area contributed by atoms with E-state index in [-0.39, 0.29) is 5.41 Å². The standard InChI is InChI=1S/C30H21NO/c1-30(2)25-16-19(18-10-12-29-24(14-18)22-7-3-4-8-28(22)32-29)9-11-21(25)23-15-20-6-5-13-31-27(20)17-26(23)30/h3-17H,1-2H3. The molecule has 0 N–H and O–H groups in total. The molecule has 6 aromatic rings. The zero-order valence-electron chi connectivity index (χ0n) is 18.0. The normalized spacial score (nSPS) is 14.2. The summed E-state index contributed by atoms with van der Waals surface area (Å²) in [7, 11) is 0. The van der Waals surface area contributed by atoms with Crippen LogP contribution in [0, 0.1) is 0 Å². The average Bonchev–Trinajstić information content (AvgIpc) is 3.30. The van der Waals surface area contributed by atoms with Crippen molar-refractivity contribution in [3.8, 4) is 22.3 Å². The van der Waals surface area contributed by atoms with Gasteiger partial charge in [0.2, 0.25) is 0 Å². The molecule has 32 heavy (non-hydrogen) atoms. The van der Waals surface area contributed by atoms with E-state index in [0.717, 1.165) is 22.1 Å². The van der Waals surface area contributed by atoms with Crippen molar-refractivity contribution in [2.75, 3.05) is 0 Å². The van der Waals surface area contributed by atoms with Crippen molar-refractivity contribution in [2.24, 2.45) is 0 Å². The highest BCUT2D eigenvalue weighted by Crippen LogP contribution is 2.50. The first-order valence-corrected chi connectivity index (χ1v) is 11.1. The van der Waals surface area contributed by atoms with Crippen molar-refractivity contribution in [2.45, 2.75) is 19.3 Å². The first-order chi connectivity index (χ1) is 15.6. The molecular formula is C30H21NO. The second-order valence-corrected chi connectivity index (χ2v) is 9.29. The lowest BCUT2D eigenvalue weighted by atomic mass is 9.81. The molecule has 2 nitrogen and oxygen atoms in total. The maximum Gasteiger partial charge on any atom is 0.135 e. The van der Waals surface area contributed by atoms with Gasteiger partial charge in [0, 0.05) is 27.8 Å². The van der Waals surface area contributed by atoms with Crippen molar-refractivity contribution in [1.82, 2.24) is 4.98 Å². The molecule has 2 heterocycles. The van der Waals surface area contributed by atoms with Crippen LogP contribution in [-0.2, 0) is 5.41 Å². The second-order valence-electron chi connectivity index (χ2n) is 9.29. The van der Waals surface area contributed by atoms with E-state index in [1.54, 1.807) is 0 Å². The molecule has 0 amide bonds. The van der Waals surface area contributed by atoms with E-state index < -0.39 is 0 Å². The predicted molar refractivity (Wildman–Crippen MR) is 132 cm³/mol. The van der Waals surface area contributed by atoms with E-state index in [1.165, 1.54) is 44.2 Å². The van der Waals surface area contributed by atoms with Gasteiger partial charge in [0.1, 0.15) is 11.2 Å². The maximum absolute atomic E-state index is 6.02. The van der Waals surface area contributed by atoms with E-state index in [1.807, 2.05) is 24.4 Å². The van der Waals surface area contributed by atoms with Gasteiger partial charge in [-0.2, -0.15) is 0 Å². The van der Waals surface area contributed by atoms with Crippen LogP contribution in [0.5, 0.6) is 0 Å². The van der Waals surface area contributed by atoms with Gasteiger partial charge < -0.3 is 4.42 Å². The molecule has 0 atom stereocenters. The zero-order chi connectivity index (χ0) is 21.4. The number of pyridine rings is 1. The molecule has 0 unspecified atom stereocenters. The van der Waals surface area contributed by atoms with E-state index in [9.17, 15) is 0 Å². The largest absolute Gasteiger partial charge is 0.456 e. The van der Waals surface area contributed by atoms with Gasteiger partial charge in [-0.05, 0) is 75.8 Å². The Balaban J connectivity index is 1.42. The minimum absolute atomic E-state index is 0.0706. The van der Waals surface area contributed by atoms with Crippen molar-refractivity contribution in [3.63, 3.8) is 0 Å². The third kappa shape index (κ3) is 2.32. The fourth-order valence-corrected chi connectivity index (χ4v) is 5.39. The Kier molecular flexibility index (Phi) is 3.37. The first kappa shape index (κ1) is 17.7. The number of aromatic nitrogens is 1. The van der Waals surface area contributed by atoms with Crippen molar-refractivity contribution in [3.05, 3.63) is 102 Å². The topological polar surface area (TPSA) is 26.0 Å². The zero-order valence-corrected chi connectivity index (χ0v) is 18.0. The van der Waals surface area contributed by atoms with Crippen LogP contribution < -0.4 is 0 Å². The van der Waals surface area contributed by atoms with Gasteiger partial charge in [0.25, 0.3) is 0 Å². The van der Waals surface area contributed by atoms with Gasteiger partial charge in [0.05, 0.1) is 5.52 Å². The number of benzene rings is 4. The number of hydrogen-bond acceptors (Lipinski definition) is 2. The molecular weight excluding hydrogens is 390 g/mol. The van der Waals surface area contributed by atoms with Crippen LogP contribution in [0.15, 0.2) is 95.5 Å². The molecule has 2 heteroatoms. The van der Waals surface area contributed by atoms with Crippen LogP contribution in [0.4, 0.5) is 0 Å². The molecule has 0 bridgehead atoms. The quantitative estimate of drug-likeness (QED) is 0.273. The molecule has 0 saturated heterocycles. The number of hydrogen-bond donors (Lipinski definition) is 0. The predicted octanol–water partition coefficient (Wildman–Crippen LogP) is 8.11. The lowest BCUT2D eigenvalue weighted by molar-refractivity contribution is 0.661. The number of para-hydroxylation sites is 1. The van der Waals surface area contributed by atoms with Crippen molar-refractivity contribution >= 4 is 32.8 Å². The highest BCUT2D eigenvalue weighted by molar-refractivity contribution is 6.06. The Morgan fingerprint density at radius 1 is 0.656 bits per heavy atom. The van der Waals surface area contributed by atoms with Gasteiger partial charge in [-0.1, -0.05) is 56.3 Å². The first-order valence-electron chi connectivity index (χ1n) is 11.1. The highest BCUT2D eigenvalue weighted by atomic mass is 16.3. The molecule has 0 fully saturated rings. The Hall–Kier alpha value is -3.91. The number of furan rings is 1. The van der Waals surface area contributed by atoms with Gasteiger partial charge in [-0.25, -0.2) is 0 Å². The third-order valence-corrected chi connectivity index (χ3v) is 7.11. The van der Waals surface area contributed by atoms with Crippen LogP contribution in [0.2, 0.25) is 0 Å². The highest BCUT2D eigenvalue weighted by Gasteiger charge is 2.36. The van der Waals surface area contributed by atoms with Crippen LogP contribution in [0.25, 0.3) is 55.1 Å². The second kappa shape index (κ2) is 6.08. The van der Waals surface area contributed by atoms with Crippen LogP contribution >= 0.6 is 0 Å². The van der Waals surface area contributed by atoms with Crippen molar-refractivity contribution in [1.29, 1.82) is 0 Å². The molecule has 0 spiro atoms. The maximum atomic E-state index is 6.02. The SMILES string of the molecule is CC1(C)c2cc(-c3ccc4oc5ccccc5c4c3)ccc2-c2cc3cccnc3cc21. The number of rotatable bonds is 1. The molecule has 152 valence electrons. The number of fused-ring (bicyclic) bond motifs is 7. The Bertz CT molecular complexity index is 1700. The monoisotopic (exact) mass is 411 g/mol. The minimum atomic E-state index is -0.0706. The summed E-state index contributed by atoms with van der Waals surface area (Å²) in [6.07, 6.45) is 1.87.